The van der Waals surface area contributed by atoms with E-state index in [4.69, 9.17) is 15.6 Å². The van der Waals surface area contributed by atoms with Crippen LogP contribution in [0.4, 0.5) is 10.5 Å². The van der Waals surface area contributed by atoms with Crippen LogP contribution in [-0.4, -0.2) is 11.2 Å². The van der Waals surface area contributed by atoms with Crippen LogP contribution < -0.4 is 5.32 Å². The minimum Gasteiger partial charge on any atom is -0.465 e. The molecule has 0 unspecified atom stereocenters. The van der Waals surface area contributed by atoms with Gasteiger partial charge in [-0.05, 0) is 18.2 Å². The standard InChI is InChI=1S/C9H5N3O2/c10-4-6-1-2-8(12-9(13)14)3-7(6)5-11/h1-3,12H,(H,13,14). The minimum atomic E-state index is -1.21. The predicted octanol–water partition coefficient (Wildman–Crippen LogP) is 1.52. The zero-order valence-electron chi connectivity index (χ0n) is 6.98. The lowest BCUT2D eigenvalue weighted by atomic mass is 10.1. The van der Waals surface area contributed by atoms with E-state index in [1.165, 1.54) is 18.2 Å². The number of benzene rings is 1. The first-order chi connectivity index (χ1) is 6.67. The van der Waals surface area contributed by atoms with E-state index in [1.807, 2.05) is 6.07 Å². The predicted molar refractivity (Wildman–Crippen MR) is 47.5 cm³/mol. The van der Waals surface area contributed by atoms with E-state index >= 15 is 0 Å². The number of nitrogens with zero attached hydrogens (tertiary/aromatic N) is 2. The van der Waals surface area contributed by atoms with Crippen molar-refractivity contribution in [2.24, 2.45) is 0 Å². The molecule has 5 heteroatoms. The molecule has 0 atom stereocenters. The number of carboxylic acid groups (broad SMARTS) is 1. The molecule has 1 aromatic rings. The molecule has 0 fully saturated rings. The topological polar surface area (TPSA) is 96.9 Å². The Morgan fingerprint density at radius 3 is 2.43 bits per heavy atom. The van der Waals surface area contributed by atoms with Crippen LogP contribution in [0.15, 0.2) is 18.2 Å². The number of nitrogens with one attached hydrogen (secondary N) is 1. The fourth-order valence-corrected chi connectivity index (χ4v) is 0.935. The Morgan fingerprint density at radius 2 is 1.93 bits per heavy atom. The molecule has 2 N–H and O–H groups in total. The Kier molecular flexibility index (Phi) is 2.68. The number of nitriles is 2. The number of hydrogen-bond donors (Lipinski definition) is 2. The maximum absolute atomic E-state index is 10.3. The van der Waals surface area contributed by atoms with E-state index in [-0.39, 0.29) is 16.8 Å². The van der Waals surface area contributed by atoms with E-state index in [0.717, 1.165) is 0 Å². The minimum absolute atomic E-state index is 0.152. The van der Waals surface area contributed by atoms with Gasteiger partial charge >= 0.3 is 6.09 Å². The molecule has 0 aliphatic heterocycles. The van der Waals surface area contributed by atoms with Gasteiger partial charge in [-0.25, -0.2) is 4.79 Å². The molecular weight excluding hydrogens is 182 g/mol. The lowest BCUT2D eigenvalue weighted by Crippen LogP contribution is -2.07. The van der Waals surface area contributed by atoms with Crippen molar-refractivity contribution in [1.29, 1.82) is 10.5 Å². The van der Waals surface area contributed by atoms with Crippen LogP contribution in [0.25, 0.3) is 0 Å². The Bertz CT molecular complexity index is 454. The van der Waals surface area contributed by atoms with Gasteiger partial charge in [-0.15, -0.1) is 0 Å². The largest absolute Gasteiger partial charge is 0.465 e. The molecule has 0 saturated carbocycles. The normalized spacial score (nSPS) is 8.43. The van der Waals surface area contributed by atoms with Crippen molar-refractivity contribution in [3.05, 3.63) is 29.3 Å². The van der Waals surface area contributed by atoms with Crippen molar-refractivity contribution < 1.29 is 9.90 Å². The number of carbonyl (C=O) groups is 1. The van der Waals surface area contributed by atoms with E-state index in [1.54, 1.807) is 6.07 Å². The fraction of sp³-hybridized carbons (Fsp3) is 0. The first kappa shape index (κ1) is 9.56. The van der Waals surface area contributed by atoms with Gasteiger partial charge in [0.05, 0.1) is 11.1 Å². The Hall–Kier alpha value is -2.53. The molecule has 1 rings (SSSR count). The lowest BCUT2D eigenvalue weighted by molar-refractivity contribution is 0.210. The molecule has 1 aromatic carbocycles. The molecular formula is C9H5N3O2. The molecule has 0 heterocycles. The maximum atomic E-state index is 10.3. The summed E-state index contributed by atoms with van der Waals surface area (Å²) in [6.07, 6.45) is -1.21. The van der Waals surface area contributed by atoms with E-state index < -0.39 is 6.09 Å². The van der Waals surface area contributed by atoms with Crippen LogP contribution in [0.5, 0.6) is 0 Å². The highest BCUT2D eigenvalue weighted by Crippen LogP contribution is 2.14. The van der Waals surface area contributed by atoms with Gasteiger partial charge < -0.3 is 5.11 Å². The van der Waals surface area contributed by atoms with Gasteiger partial charge in [-0.3, -0.25) is 5.32 Å². The molecule has 14 heavy (non-hydrogen) atoms. The number of amides is 1. The molecule has 0 aliphatic rings. The van der Waals surface area contributed by atoms with E-state index in [9.17, 15) is 4.79 Å². The van der Waals surface area contributed by atoms with Gasteiger partial charge in [0, 0.05) is 5.69 Å². The van der Waals surface area contributed by atoms with Crippen LogP contribution in [0.3, 0.4) is 0 Å². The fourth-order valence-electron chi connectivity index (χ4n) is 0.935. The molecule has 0 bridgehead atoms. The summed E-state index contributed by atoms with van der Waals surface area (Å²) in [5.74, 6) is 0. The monoisotopic (exact) mass is 187 g/mol. The van der Waals surface area contributed by atoms with Gasteiger partial charge in [0.15, 0.2) is 0 Å². The summed E-state index contributed by atoms with van der Waals surface area (Å²) in [6.45, 7) is 0. The van der Waals surface area contributed by atoms with Crippen molar-refractivity contribution in [2.45, 2.75) is 0 Å². The maximum Gasteiger partial charge on any atom is 0.409 e. The van der Waals surface area contributed by atoms with Crippen molar-refractivity contribution in [3.8, 4) is 12.1 Å². The van der Waals surface area contributed by atoms with Crippen LogP contribution in [-0.2, 0) is 0 Å². The van der Waals surface area contributed by atoms with Gasteiger partial charge in [0.1, 0.15) is 12.1 Å². The van der Waals surface area contributed by atoms with Crippen molar-refractivity contribution in [1.82, 2.24) is 0 Å². The third-order valence-electron chi connectivity index (χ3n) is 1.51. The highest BCUT2D eigenvalue weighted by atomic mass is 16.4. The Balaban J connectivity index is 3.11. The van der Waals surface area contributed by atoms with Crippen LogP contribution in [0.1, 0.15) is 11.1 Å². The van der Waals surface area contributed by atoms with Crippen molar-refractivity contribution in [3.63, 3.8) is 0 Å². The molecule has 1 amide bonds. The summed E-state index contributed by atoms with van der Waals surface area (Å²) in [5.41, 5.74) is 0.648. The summed E-state index contributed by atoms with van der Waals surface area (Å²) in [6, 6.07) is 7.76. The van der Waals surface area contributed by atoms with Crippen molar-refractivity contribution >= 4 is 11.8 Å². The second-order valence-electron chi connectivity index (χ2n) is 2.41. The summed E-state index contributed by atoms with van der Waals surface area (Å²) >= 11 is 0. The smallest absolute Gasteiger partial charge is 0.409 e. The van der Waals surface area contributed by atoms with Gasteiger partial charge in [0.25, 0.3) is 0 Å². The van der Waals surface area contributed by atoms with Crippen molar-refractivity contribution in [2.75, 3.05) is 5.32 Å². The molecule has 0 spiro atoms. The van der Waals surface area contributed by atoms with Gasteiger partial charge in [0.2, 0.25) is 0 Å². The zero-order valence-corrected chi connectivity index (χ0v) is 6.98. The molecule has 0 radical (unpaired) electrons. The third kappa shape index (κ3) is 1.99. The summed E-state index contributed by atoms with van der Waals surface area (Å²) < 4.78 is 0. The average molecular weight is 187 g/mol. The SMILES string of the molecule is N#Cc1ccc(NC(=O)O)cc1C#N. The van der Waals surface area contributed by atoms with Gasteiger partial charge in [-0.1, -0.05) is 0 Å². The van der Waals surface area contributed by atoms with Gasteiger partial charge in [-0.2, -0.15) is 10.5 Å². The first-order valence-corrected chi connectivity index (χ1v) is 3.61. The molecule has 0 saturated heterocycles. The van der Waals surface area contributed by atoms with Crippen LogP contribution in [0.2, 0.25) is 0 Å². The quantitative estimate of drug-likeness (QED) is 0.696. The Morgan fingerprint density at radius 1 is 1.29 bits per heavy atom. The Labute approximate surface area is 79.8 Å². The van der Waals surface area contributed by atoms with E-state index in [2.05, 4.69) is 5.32 Å². The average Bonchev–Trinajstić information content (AvgIpc) is 2.16. The molecule has 0 aromatic heterocycles. The third-order valence-corrected chi connectivity index (χ3v) is 1.51. The molecule has 0 aliphatic carbocycles. The lowest BCUT2D eigenvalue weighted by Gasteiger charge is -2.01. The summed E-state index contributed by atoms with van der Waals surface area (Å²) in [4.78, 5) is 10.3. The van der Waals surface area contributed by atoms with Crippen LogP contribution in [0, 0.1) is 22.7 Å². The number of anilines is 1. The molecule has 5 nitrogen and oxygen atoms in total. The van der Waals surface area contributed by atoms with E-state index in [0.29, 0.717) is 0 Å². The van der Waals surface area contributed by atoms with Crippen LogP contribution >= 0.6 is 0 Å². The summed E-state index contributed by atoms with van der Waals surface area (Å²) in [7, 11) is 0. The summed E-state index contributed by atoms with van der Waals surface area (Å²) in [5, 5.41) is 27.7. The second-order valence-corrected chi connectivity index (χ2v) is 2.41. The first-order valence-electron chi connectivity index (χ1n) is 3.61. The highest BCUT2D eigenvalue weighted by molar-refractivity contribution is 5.83. The second kappa shape index (κ2) is 3.92. The number of hydrogen-bond acceptors (Lipinski definition) is 3. The zero-order chi connectivity index (χ0) is 10.6. The number of rotatable bonds is 1. The highest BCUT2D eigenvalue weighted by Gasteiger charge is 2.04. The molecule has 68 valence electrons.